The lowest BCUT2D eigenvalue weighted by atomic mass is 9.60. The van der Waals surface area contributed by atoms with Crippen molar-refractivity contribution >= 4 is 13.8 Å². The van der Waals surface area contributed by atoms with E-state index in [0.717, 1.165) is 12.8 Å². The van der Waals surface area contributed by atoms with Gasteiger partial charge in [-0.05, 0) is 12.3 Å². The molecule has 0 bridgehead atoms. The maximum atomic E-state index is 11.7. The van der Waals surface area contributed by atoms with Gasteiger partial charge in [0.25, 0.3) is 0 Å². The summed E-state index contributed by atoms with van der Waals surface area (Å²) in [7, 11) is 8.21. The first-order valence-corrected chi connectivity index (χ1v) is 6.04. The zero-order valence-corrected chi connectivity index (χ0v) is 9.83. The van der Waals surface area contributed by atoms with Gasteiger partial charge in [0.15, 0.2) is 0 Å². The molecule has 82 valence electrons. The van der Waals surface area contributed by atoms with Gasteiger partial charge >= 0.3 is 0 Å². The molecule has 3 heteroatoms. The number of likely N-dealkylation sites (tertiary alicyclic amines) is 1. The Morgan fingerprint density at radius 2 is 2.20 bits per heavy atom. The summed E-state index contributed by atoms with van der Waals surface area (Å²) in [6.45, 7) is 2.14. The van der Waals surface area contributed by atoms with E-state index in [0.29, 0.717) is 24.3 Å². The third-order valence-corrected chi connectivity index (χ3v) is 4.10. The van der Waals surface area contributed by atoms with Crippen molar-refractivity contribution in [2.75, 3.05) is 7.05 Å². The first-order chi connectivity index (χ1) is 6.99. The second-order valence-corrected chi connectivity index (χ2v) is 5.64. The van der Waals surface area contributed by atoms with Crippen LogP contribution in [0.5, 0.6) is 0 Å². The second kappa shape index (κ2) is 3.84. The van der Waals surface area contributed by atoms with Crippen LogP contribution in [0, 0.1) is 5.92 Å². The Labute approximate surface area is 93.8 Å². The first kappa shape index (κ1) is 11.0. The van der Waals surface area contributed by atoms with Gasteiger partial charge in [-0.2, -0.15) is 0 Å². The minimum Gasteiger partial charge on any atom is -0.342 e. The van der Waals surface area contributed by atoms with Crippen molar-refractivity contribution < 1.29 is 4.79 Å². The summed E-state index contributed by atoms with van der Waals surface area (Å²) in [6, 6.07) is 0.459. The number of hydrogen-bond donors (Lipinski definition) is 0. The van der Waals surface area contributed by atoms with Gasteiger partial charge in [0.1, 0.15) is 0 Å². The SMILES string of the molecule is [B]C1(C)CCCCC2C(CC(=O)N2C)C1. The summed E-state index contributed by atoms with van der Waals surface area (Å²) in [4.78, 5) is 13.6. The Morgan fingerprint density at radius 1 is 1.47 bits per heavy atom. The van der Waals surface area contributed by atoms with E-state index in [9.17, 15) is 4.79 Å². The lowest BCUT2D eigenvalue weighted by Crippen LogP contribution is -2.33. The summed E-state index contributed by atoms with van der Waals surface area (Å²) in [5.41, 5.74) is 0. The van der Waals surface area contributed by atoms with Gasteiger partial charge in [-0.3, -0.25) is 4.79 Å². The molecule has 2 aliphatic rings. The molecule has 0 aromatic rings. The molecule has 1 aliphatic heterocycles. The standard InChI is InChI=1S/C12H20BNO/c1-12(13)6-4-3-5-10-9(8-12)7-11(15)14(10)2/h9-10H,3-8H2,1-2H3. The van der Waals surface area contributed by atoms with Gasteiger partial charge in [0.05, 0.1) is 7.85 Å². The molecule has 1 saturated heterocycles. The first-order valence-electron chi connectivity index (χ1n) is 6.04. The molecular formula is C12H20BNO. The molecule has 15 heavy (non-hydrogen) atoms. The fraction of sp³-hybridized carbons (Fsp3) is 0.917. The number of hydrogen-bond acceptors (Lipinski definition) is 1. The highest BCUT2D eigenvalue weighted by Gasteiger charge is 2.40. The van der Waals surface area contributed by atoms with Crippen molar-refractivity contribution in [1.82, 2.24) is 4.90 Å². The van der Waals surface area contributed by atoms with E-state index >= 15 is 0 Å². The molecule has 2 rings (SSSR count). The normalized spacial score (nSPS) is 42.3. The molecule has 1 heterocycles. The zero-order valence-electron chi connectivity index (χ0n) is 9.83. The molecule has 1 saturated carbocycles. The molecule has 1 aliphatic carbocycles. The van der Waals surface area contributed by atoms with E-state index < -0.39 is 0 Å². The fourth-order valence-corrected chi connectivity index (χ4v) is 3.23. The van der Waals surface area contributed by atoms with Crippen LogP contribution < -0.4 is 0 Å². The van der Waals surface area contributed by atoms with Gasteiger partial charge in [0, 0.05) is 19.5 Å². The Balaban J connectivity index is 2.13. The lowest BCUT2D eigenvalue weighted by molar-refractivity contribution is -0.127. The van der Waals surface area contributed by atoms with E-state index in [-0.39, 0.29) is 5.31 Å². The molecule has 0 aromatic carbocycles. The molecule has 0 aromatic heterocycles. The summed E-state index contributed by atoms with van der Waals surface area (Å²) >= 11 is 0. The molecule has 3 unspecified atom stereocenters. The summed E-state index contributed by atoms with van der Waals surface area (Å²) < 4.78 is 0. The third-order valence-electron chi connectivity index (χ3n) is 4.10. The highest BCUT2D eigenvalue weighted by molar-refractivity contribution is 6.14. The topological polar surface area (TPSA) is 20.3 Å². The smallest absolute Gasteiger partial charge is 0.222 e. The predicted octanol–water partition coefficient (Wildman–Crippen LogP) is 2.14. The maximum absolute atomic E-state index is 11.7. The lowest BCUT2D eigenvalue weighted by Gasteiger charge is -2.35. The molecule has 2 fully saturated rings. The van der Waals surface area contributed by atoms with E-state index in [4.69, 9.17) is 7.85 Å². The number of nitrogens with zero attached hydrogens (tertiary/aromatic N) is 1. The van der Waals surface area contributed by atoms with Crippen molar-refractivity contribution in [3.8, 4) is 0 Å². The van der Waals surface area contributed by atoms with Gasteiger partial charge in [-0.15, -0.1) is 0 Å². The maximum Gasteiger partial charge on any atom is 0.222 e. The van der Waals surface area contributed by atoms with Crippen LogP contribution >= 0.6 is 0 Å². The number of fused-ring (bicyclic) bond motifs is 1. The third kappa shape index (κ3) is 2.21. The number of carbonyl (C=O) groups is 1. The van der Waals surface area contributed by atoms with Crippen molar-refractivity contribution in [3.05, 3.63) is 0 Å². The van der Waals surface area contributed by atoms with Crippen LogP contribution in [0.2, 0.25) is 5.31 Å². The molecular weight excluding hydrogens is 185 g/mol. The Hall–Kier alpha value is -0.465. The molecule has 2 radical (unpaired) electrons. The average Bonchev–Trinajstić information content (AvgIpc) is 2.35. The van der Waals surface area contributed by atoms with Gasteiger partial charge in [-0.25, -0.2) is 0 Å². The molecule has 0 spiro atoms. The average molecular weight is 205 g/mol. The molecule has 0 N–H and O–H groups in total. The summed E-state index contributed by atoms with van der Waals surface area (Å²) in [6.07, 6.45) is 6.42. The van der Waals surface area contributed by atoms with E-state index in [1.807, 2.05) is 11.9 Å². The monoisotopic (exact) mass is 205 g/mol. The molecule has 3 atom stereocenters. The highest BCUT2D eigenvalue weighted by atomic mass is 16.2. The van der Waals surface area contributed by atoms with Crippen LogP contribution in [-0.4, -0.2) is 31.7 Å². The molecule has 1 amide bonds. The van der Waals surface area contributed by atoms with Gasteiger partial charge in [-0.1, -0.05) is 37.9 Å². The van der Waals surface area contributed by atoms with Gasteiger partial charge < -0.3 is 4.90 Å². The van der Waals surface area contributed by atoms with Crippen molar-refractivity contribution in [1.29, 1.82) is 0 Å². The van der Waals surface area contributed by atoms with E-state index in [1.165, 1.54) is 19.3 Å². The highest BCUT2D eigenvalue weighted by Crippen LogP contribution is 2.44. The van der Waals surface area contributed by atoms with E-state index in [1.54, 1.807) is 0 Å². The zero-order chi connectivity index (χ0) is 11.1. The van der Waals surface area contributed by atoms with Crippen molar-refractivity contribution in [2.24, 2.45) is 5.92 Å². The quantitative estimate of drug-likeness (QED) is 0.555. The van der Waals surface area contributed by atoms with Crippen LogP contribution in [0.25, 0.3) is 0 Å². The number of carbonyl (C=O) groups excluding carboxylic acids is 1. The Morgan fingerprint density at radius 3 is 2.93 bits per heavy atom. The predicted molar refractivity (Wildman–Crippen MR) is 61.9 cm³/mol. The van der Waals surface area contributed by atoms with Crippen LogP contribution in [0.15, 0.2) is 0 Å². The minimum atomic E-state index is -0.0607. The van der Waals surface area contributed by atoms with Crippen LogP contribution in [0.4, 0.5) is 0 Å². The van der Waals surface area contributed by atoms with Gasteiger partial charge in [0.2, 0.25) is 5.91 Å². The Kier molecular flexibility index (Phi) is 2.82. The molecule has 2 nitrogen and oxygen atoms in total. The summed E-state index contributed by atoms with van der Waals surface area (Å²) in [5.74, 6) is 0.806. The fourth-order valence-electron chi connectivity index (χ4n) is 3.23. The van der Waals surface area contributed by atoms with Crippen LogP contribution in [0.3, 0.4) is 0 Å². The van der Waals surface area contributed by atoms with Crippen molar-refractivity contribution in [2.45, 2.75) is 56.8 Å². The Bertz CT molecular complexity index is 264. The second-order valence-electron chi connectivity index (χ2n) is 5.64. The van der Waals surface area contributed by atoms with Crippen LogP contribution in [-0.2, 0) is 4.79 Å². The van der Waals surface area contributed by atoms with E-state index in [2.05, 4.69) is 6.92 Å². The largest absolute Gasteiger partial charge is 0.342 e. The number of rotatable bonds is 0. The van der Waals surface area contributed by atoms with Crippen molar-refractivity contribution in [3.63, 3.8) is 0 Å². The number of amides is 1. The minimum absolute atomic E-state index is 0.0607. The van der Waals surface area contributed by atoms with Crippen LogP contribution in [0.1, 0.15) is 45.4 Å². The summed E-state index contributed by atoms with van der Waals surface area (Å²) in [5, 5.41) is -0.0607.